The van der Waals surface area contributed by atoms with E-state index in [-0.39, 0.29) is 0 Å². The summed E-state index contributed by atoms with van der Waals surface area (Å²) >= 11 is 0. The topological polar surface area (TPSA) is 3.24 Å². The summed E-state index contributed by atoms with van der Waals surface area (Å²) in [7, 11) is 0. The van der Waals surface area contributed by atoms with Crippen molar-refractivity contribution in [2.45, 2.75) is 45.4 Å². The first-order valence-electron chi connectivity index (χ1n) is 6.07. The normalized spacial score (nSPS) is 36.7. The Bertz CT molecular complexity index is 149. The van der Waals surface area contributed by atoms with Gasteiger partial charge in [0.15, 0.2) is 0 Å². The van der Waals surface area contributed by atoms with Crippen LogP contribution in [0.5, 0.6) is 0 Å². The SMILES string of the molecule is CC1CCCC(CN2CCCC2)C1. The van der Waals surface area contributed by atoms with Gasteiger partial charge in [0.25, 0.3) is 0 Å². The third kappa shape index (κ3) is 2.70. The molecule has 1 saturated carbocycles. The van der Waals surface area contributed by atoms with Gasteiger partial charge in [-0.15, -0.1) is 0 Å². The maximum atomic E-state index is 2.68. The molecule has 0 N–H and O–H groups in total. The van der Waals surface area contributed by atoms with Crippen LogP contribution in [0.2, 0.25) is 0 Å². The molecule has 0 spiro atoms. The van der Waals surface area contributed by atoms with Crippen LogP contribution in [0.1, 0.15) is 45.4 Å². The highest BCUT2D eigenvalue weighted by Crippen LogP contribution is 2.29. The van der Waals surface area contributed by atoms with Gasteiger partial charge in [-0.1, -0.05) is 19.8 Å². The molecule has 1 aliphatic heterocycles. The highest BCUT2D eigenvalue weighted by atomic mass is 15.1. The average molecular weight is 181 g/mol. The molecule has 1 aliphatic carbocycles. The Morgan fingerprint density at radius 3 is 2.54 bits per heavy atom. The van der Waals surface area contributed by atoms with Crippen LogP contribution in [0.3, 0.4) is 0 Å². The first-order chi connectivity index (χ1) is 6.34. The zero-order chi connectivity index (χ0) is 9.10. The third-order valence-corrected chi connectivity index (χ3v) is 3.76. The maximum Gasteiger partial charge on any atom is 0.000976 e. The van der Waals surface area contributed by atoms with Crippen molar-refractivity contribution >= 4 is 0 Å². The monoisotopic (exact) mass is 181 g/mol. The molecule has 2 fully saturated rings. The number of likely N-dealkylation sites (tertiary alicyclic amines) is 1. The smallest absolute Gasteiger partial charge is 0.000976 e. The van der Waals surface area contributed by atoms with Crippen molar-refractivity contribution in [3.8, 4) is 0 Å². The Balaban J connectivity index is 1.73. The summed E-state index contributed by atoms with van der Waals surface area (Å²) in [5, 5.41) is 0. The Morgan fingerprint density at radius 1 is 1.08 bits per heavy atom. The van der Waals surface area contributed by atoms with E-state index in [2.05, 4.69) is 11.8 Å². The van der Waals surface area contributed by atoms with Crippen LogP contribution in [0, 0.1) is 11.8 Å². The molecule has 0 bridgehead atoms. The Morgan fingerprint density at radius 2 is 1.85 bits per heavy atom. The molecule has 1 heterocycles. The number of hydrogen-bond acceptors (Lipinski definition) is 1. The highest BCUT2D eigenvalue weighted by Gasteiger charge is 2.22. The largest absolute Gasteiger partial charge is 0.303 e. The van der Waals surface area contributed by atoms with Gasteiger partial charge in [0.2, 0.25) is 0 Å². The molecule has 13 heavy (non-hydrogen) atoms. The van der Waals surface area contributed by atoms with Crippen molar-refractivity contribution < 1.29 is 0 Å². The van der Waals surface area contributed by atoms with Crippen LogP contribution in [0.15, 0.2) is 0 Å². The molecular weight excluding hydrogens is 158 g/mol. The van der Waals surface area contributed by atoms with Crippen molar-refractivity contribution in [3.05, 3.63) is 0 Å². The predicted molar refractivity (Wildman–Crippen MR) is 56.8 cm³/mol. The van der Waals surface area contributed by atoms with Crippen molar-refractivity contribution in [1.82, 2.24) is 4.90 Å². The minimum absolute atomic E-state index is 1.00. The Kier molecular flexibility index (Phi) is 3.26. The van der Waals surface area contributed by atoms with Gasteiger partial charge in [0.1, 0.15) is 0 Å². The van der Waals surface area contributed by atoms with Gasteiger partial charge in [0.05, 0.1) is 0 Å². The van der Waals surface area contributed by atoms with Crippen LogP contribution in [0.4, 0.5) is 0 Å². The fourth-order valence-electron chi connectivity index (χ4n) is 3.06. The second-order valence-electron chi connectivity index (χ2n) is 5.15. The van der Waals surface area contributed by atoms with E-state index < -0.39 is 0 Å². The molecule has 0 aromatic heterocycles. The van der Waals surface area contributed by atoms with E-state index in [4.69, 9.17) is 0 Å². The standard InChI is InChI=1S/C12H23N/c1-11-5-4-6-12(9-11)10-13-7-2-3-8-13/h11-12H,2-10H2,1H3. The summed E-state index contributed by atoms with van der Waals surface area (Å²) in [6, 6.07) is 0. The minimum Gasteiger partial charge on any atom is -0.303 e. The van der Waals surface area contributed by atoms with Gasteiger partial charge < -0.3 is 4.90 Å². The molecule has 2 rings (SSSR count). The van der Waals surface area contributed by atoms with Crippen molar-refractivity contribution in [3.63, 3.8) is 0 Å². The maximum absolute atomic E-state index is 2.68. The number of rotatable bonds is 2. The molecule has 0 amide bonds. The lowest BCUT2D eigenvalue weighted by molar-refractivity contribution is 0.204. The lowest BCUT2D eigenvalue weighted by Gasteiger charge is -2.30. The average Bonchev–Trinajstić information content (AvgIpc) is 2.57. The summed E-state index contributed by atoms with van der Waals surface area (Å²) in [4.78, 5) is 2.68. The van der Waals surface area contributed by atoms with Crippen molar-refractivity contribution in [2.24, 2.45) is 11.8 Å². The van der Waals surface area contributed by atoms with Crippen LogP contribution in [-0.4, -0.2) is 24.5 Å². The molecule has 1 nitrogen and oxygen atoms in total. The molecular formula is C12H23N. The van der Waals surface area contributed by atoms with Gasteiger partial charge in [-0.3, -0.25) is 0 Å². The van der Waals surface area contributed by atoms with E-state index in [9.17, 15) is 0 Å². The molecule has 0 radical (unpaired) electrons. The fraction of sp³-hybridized carbons (Fsp3) is 1.00. The van der Waals surface area contributed by atoms with Crippen LogP contribution in [-0.2, 0) is 0 Å². The molecule has 0 aromatic carbocycles. The summed E-state index contributed by atoms with van der Waals surface area (Å²) in [6.45, 7) is 6.59. The second-order valence-corrected chi connectivity index (χ2v) is 5.15. The van der Waals surface area contributed by atoms with Crippen LogP contribution in [0.25, 0.3) is 0 Å². The van der Waals surface area contributed by atoms with E-state index in [0.29, 0.717) is 0 Å². The zero-order valence-corrected chi connectivity index (χ0v) is 8.97. The molecule has 2 aliphatic rings. The molecule has 1 saturated heterocycles. The van der Waals surface area contributed by atoms with E-state index in [1.165, 1.54) is 58.2 Å². The zero-order valence-electron chi connectivity index (χ0n) is 8.97. The number of nitrogens with zero attached hydrogens (tertiary/aromatic N) is 1. The quantitative estimate of drug-likeness (QED) is 0.633. The minimum atomic E-state index is 1.00. The second kappa shape index (κ2) is 4.45. The van der Waals surface area contributed by atoms with Gasteiger partial charge in [-0.25, -0.2) is 0 Å². The van der Waals surface area contributed by atoms with Crippen LogP contribution >= 0.6 is 0 Å². The summed E-state index contributed by atoms with van der Waals surface area (Å²) in [6.07, 6.45) is 8.86. The third-order valence-electron chi connectivity index (χ3n) is 3.76. The molecule has 2 atom stereocenters. The molecule has 2 unspecified atom stereocenters. The number of hydrogen-bond donors (Lipinski definition) is 0. The molecule has 1 heteroatoms. The van der Waals surface area contributed by atoms with Crippen LogP contribution < -0.4 is 0 Å². The van der Waals surface area contributed by atoms with Gasteiger partial charge in [0, 0.05) is 6.54 Å². The lowest BCUT2D eigenvalue weighted by atomic mass is 9.82. The molecule has 0 aromatic rings. The highest BCUT2D eigenvalue weighted by molar-refractivity contribution is 4.75. The van der Waals surface area contributed by atoms with Crippen molar-refractivity contribution in [1.29, 1.82) is 0 Å². The van der Waals surface area contributed by atoms with E-state index >= 15 is 0 Å². The first-order valence-corrected chi connectivity index (χ1v) is 6.07. The van der Waals surface area contributed by atoms with Gasteiger partial charge in [-0.05, 0) is 50.6 Å². The molecule has 76 valence electrons. The van der Waals surface area contributed by atoms with Gasteiger partial charge in [-0.2, -0.15) is 0 Å². The summed E-state index contributed by atoms with van der Waals surface area (Å²) < 4.78 is 0. The Hall–Kier alpha value is -0.0400. The van der Waals surface area contributed by atoms with E-state index in [1.807, 2.05) is 0 Å². The lowest BCUT2D eigenvalue weighted by Crippen LogP contribution is -2.29. The first kappa shape index (κ1) is 9.51. The van der Waals surface area contributed by atoms with E-state index in [0.717, 1.165) is 11.8 Å². The summed E-state index contributed by atoms with van der Waals surface area (Å²) in [5.74, 6) is 2.03. The summed E-state index contributed by atoms with van der Waals surface area (Å²) in [5.41, 5.74) is 0. The van der Waals surface area contributed by atoms with Crippen molar-refractivity contribution in [2.75, 3.05) is 19.6 Å². The van der Waals surface area contributed by atoms with E-state index in [1.54, 1.807) is 0 Å². The fourth-order valence-corrected chi connectivity index (χ4v) is 3.06. The Labute approximate surface area is 82.5 Å². The predicted octanol–water partition coefficient (Wildman–Crippen LogP) is 2.91. The van der Waals surface area contributed by atoms with Gasteiger partial charge >= 0.3 is 0 Å².